The Labute approximate surface area is 118 Å². The van der Waals surface area contributed by atoms with E-state index in [9.17, 15) is 9.59 Å². The molecule has 1 aliphatic rings. The summed E-state index contributed by atoms with van der Waals surface area (Å²) in [6, 6.07) is 3.33. The Balaban J connectivity index is 2.16. The maximum Gasteiger partial charge on any atom is 0.314 e. The minimum Gasteiger partial charge on any atom is -0.466 e. The van der Waals surface area contributed by atoms with Gasteiger partial charge in [0.05, 0.1) is 18.3 Å². The van der Waals surface area contributed by atoms with Gasteiger partial charge in [-0.05, 0) is 31.4 Å². The summed E-state index contributed by atoms with van der Waals surface area (Å²) < 4.78 is 10.3. The Bertz CT molecular complexity index is 480. The Hall–Kier alpha value is -1.78. The number of carbonyl (C=O) groups is 2. The number of hydrogen-bond acceptors (Lipinski definition) is 4. The van der Waals surface area contributed by atoms with Crippen LogP contribution in [-0.4, -0.2) is 36.5 Å². The first-order valence-electron chi connectivity index (χ1n) is 7.01. The van der Waals surface area contributed by atoms with E-state index in [-0.39, 0.29) is 17.8 Å². The van der Waals surface area contributed by atoms with Crippen LogP contribution in [0.1, 0.15) is 37.7 Å². The molecule has 0 saturated carbocycles. The standard InChI is InChI=1S/C15H21NO4/c1-4-19-14(18)15(11(2)3)7-8-16(10-15)13(17)12-6-5-9-20-12/h5-6,9,11H,4,7-8,10H2,1-3H3/t15-/m0/s1. The summed E-state index contributed by atoms with van der Waals surface area (Å²) in [6.07, 6.45) is 2.11. The second-order valence-corrected chi connectivity index (χ2v) is 5.49. The van der Waals surface area contributed by atoms with Gasteiger partial charge in [0.15, 0.2) is 5.76 Å². The van der Waals surface area contributed by atoms with Crippen LogP contribution in [0.3, 0.4) is 0 Å². The molecular formula is C15H21NO4. The summed E-state index contributed by atoms with van der Waals surface area (Å²) in [5, 5.41) is 0. The normalized spacial score (nSPS) is 22.3. The summed E-state index contributed by atoms with van der Waals surface area (Å²) in [5.74, 6) is 0.0657. The number of carbonyl (C=O) groups excluding carboxylic acids is 2. The largest absolute Gasteiger partial charge is 0.466 e. The second-order valence-electron chi connectivity index (χ2n) is 5.49. The van der Waals surface area contributed by atoms with Crippen LogP contribution >= 0.6 is 0 Å². The van der Waals surface area contributed by atoms with Gasteiger partial charge in [0.25, 0.3) is 5.91 Å². The lowest BCUT2D eigenvalue weighted by molar-refractivity contribution is -0.157. The van der Waals surface area contributed by atoms with Crippen molar-refractivity contribution in [3.05, 3.63) is 24.2 Å². The molecule has 1 amide bonds. The van der Waals surface area contributed by atoms with E-state index >= 15 is 0 Å². The highest BCUT2D eigenvalue weighted by atomic mass is 16.5. The van der Waals surface area contributed by atoms with Gasteiger partial charge in [-0.15, -0.1) is 0 Å². The molecule has 1 atom stereocenters. The Morgan fingerprint density at radius 1 is 1.50 bits per heavy atom. The van der Waals surface area contributed by atoms with Gasteiger partial charge in [0, 0.05) is 13.1 Å². The van der Waals surface area contributed by atoms with E-state index in [2.05, 4.69) is 0 Å². The van der Waals surface area contributed by atoms with Crippen LogP contribution in [0.25, 0.3) is 0 Å². The molecule has 5 heteroatoms. The van der Waals surface area contributed by atoms with E-state index in [1.807, 2.05) is 13.8 Å². The molecule has 1 fully saturated rings. The van der Waals surface area contributed by atoms with E-state index < -0.39 is 5.41 Å². The van der Waals surface area contributed by atoms with Crippen LogP contribution in [-0.2, 0) is 9.53 Å². The van der Waals surface area contributed by atoms with Crippen molar-refractivity contribution in [3.8, 4) is 0 Å². The fourth-order valence-electron chi connectivity index (χ4n) is 2.71. The maximum absolute atomic E-state index is 12.3. The van der Waals surface area contributed by atoms with Crippen LogP contribution in [0.15, 0.2) is 22.8 Å². The maximum atomic E-state index is 12.3. The van der Waals surface area contributed by atoms with Crippen molar-refractivity contribution >= 4 is 11.9 Å². The minimum absolute atomic E-state index is 0.121. The Morgan fingerprint density at radius 2 is 2.25 bits per heavy atom. The van der Waals surface area contributed by atoms with E-state index in [0.29, 0.717) is 31.9 Å². The number of amides is 1. The highest BCUT2D eigenvalue weighted by Crippen LogP contribution is 2.39. The molecule has 1 aromatic rings. The average molecular weight is 279 g/mol. The summed E-state index contributed by atoms with van der Waals surface area (Å²) in [5.41, 5.74) is -0.599. The third-order valence-corrected chi connectivity index (χ3v) is 4.11. The molecule has 1 aromatic heterocycles. The summed E-state index contributed by atoms with van der Waals surface area (Å²) in [6.45, 7) is 7.10. The Morgan fingerprint density at radius 3 is 2.80 bits per heavy atom. The van der Waals surface area contributed by atoms with Crippen molar-refractivity contribution in [3.63, 3.8) is 0 Å². The van der Waals surface area contributed by atoms with Gasteiger partial charge in [-0.3, -0.25) is 9.59 Å². The van der Waals surface area contributed by atoms with Crippen LogP contribution in [0.4, 0.5) is 0 Å². The molecule has 110 valence electrons. The second kappa shape index (κ2) is 5.69. The van der Waals surface area contributed by atoms with E-state index in [1.165, 1.54) is 6.26 Å². The Kier molecular flexibility index (Phi) is 4.16. The lowest BCUT2D eigenvalue weighted by Crippen LogP contribution is -2.41. The smallest absolute Gasteiger partial charge is 0.314 e. The molecule has 0 radical (unpaired) electrons. The fraction of sp³-hybridized carbons (Fsp3) is 0.600. The van der Waals surface area contributed by atoms with Gasteiger partial charge in [-0.1, -0.05) is 13.8 Å². The van der Waals surface area contributed by atoms with Gasteiger partial charge in [-0.25, -0.2) is 0 Å². The number of nitrogens with zero attached hydrogens (tertiary/aromatic N) is 1. The molecule has 0 N–H and O–H groups in total. The molecule has 0 bridgehead atoms. The van der Waals surface area contributed by atoms with Crippen molar-refractivity contribution in [1.29, 1.82) is 0 Å². The third kappa shape index (κ3) is 2.44. The number of ether oxygens (including phenoxy) is 1. The number of likely N-dealkylation sites (tertiary alicyclic amines) is 1. The van der Waals surface area contributed by atoms with Crippen molar-refractivity contribution in [2.24, 2.45) is 11.3 Å². The molecule has 2 rings (SSSR count). The first-order chi connectivity index (χ1) is 9.51. The van der Waals surface area contributed by atoms with Crippen LogP contribution in [0.5, 0.6) is 0 Å². The van der Waals surface area contributed by atoms with Crippen molar-refractivity contribution in [2.45, 2.75) is 27.2 Å². The molecule has 1 aliphatic heterocycles. The van der Waals surface area contributed by atoms with E-state index in [0.717, 1.165) is 0 Å². The van der Waals surface area contributed by atoms with Crippen LogP contribution in [0.2, 0.25) is 0 Å². The number of rotatable bonds is 4. The zero-order chi connectivity index (χ0) is 14.8. The highest BCUT2D eigenvalue weighted by molar-refractivity contribution is 5.92. The molecule has 0 spiro atoms. The zero-order valence-corrected chi connectivity index (χ0v) is 12.2. The lowest BCUT2D eigenvalue weighted by atomic mass is 9.76. The molecule has 2 heterocycles. The first-order valence-corrected chi connectivity index (χ1v) is 7.01. The van der Waals surface area contributed by atoms with Gasteiger partial charge in [0.1, 0.15) is 0 Å². The van der Waals surface area contributed by atoms with Gasteiger partial charge < -0.3 is 14.1 Å². The molecule has 1 saturated heterocycles. The first kappa shape index (κ1) is 14.6. The molecule has 0 unspecified atom stereocenters. The van der Waals surface area contributed by atoms with Gasteiger partial charge in [0.2, 0.25) is 0 Å². The summed E-state index contributed by atoms with van der Waals surface area (Å²) >= 11 is 0. The SMILES string of the molecule is CCOC(=O)[C@@]1(C(C)C)CCN(C(=O)c2ccco2)C1. The fourth-order valence-corrected chi connectivity index (χ4v) is 2.71. The molecule has 20 heavy (non-hydrogen) atoms. The van der Waals surface area contributed by atoms with Crippen molar-refractivity contribution in [1.82, 2.24) is 4.90 Å². The zero-order valence-electron chi connectivity index (χ0n) is 12.2. The summed E-state index contributed by atoms with van der Waals surface area (Å²) in [4.78, 5) is 26.2. The molecule has 0 aliphatic carbocycles. The minimum atomic E-state index is -0.599. The predicted octanol–water partition coefficient (Wildman–Crippen LogP) is 2.33. The number of hydrogen-bond donors (Lipinski definition) is 0. The van der Waals surface area contributed by atoms with E-state index in [4.69, 9.17) is 9.15 Å². The lowest BCUT2D eigenvalue weighted by Gasteiger charge is -2.30. The van der Waals surface area contributed by atoms with Crippen molar-refractivity contribution < 1.29 is 18.7 Å². The molecule has 0 aromatic carbocycles. The van der Waals surface area contributed by atoms with Gasteiger partial charge >= 0.3 is 5.97 Å². The number of esters is 1. The van der Waals surface area contributed by atoms with Crippen molar-refractivity contribution in [2.75, 3.05) is 19.7 Å². The van der Waals surface area contributed by atoms with E-state index in [1.54, 1.807) is 24.0 Å². The quantitative estimate of drug-likeness (QED) is 0.794. The monoisotopic (exact) mass is 279 g/mol. The third-order valence-electron chi connectivity index (χ3n) is 4.11. The summed E-state index contributed by atoms with van der Waals surface area (Å²) in [7, 11) is 0. The van der Waals surface area contributed by atoms with Crippen LogP contribution in [0, 0.1) is 11.3 Å². The average Bonchev–Trinajstić information content (AvgIpc) is 3.08. The molecule has 5 nitrogen and oxygen atoms in total. The van der Waals surface area contributed by atoms with Crippen LogP contribution < -0.4 is 0 Å². The topological polar surface area (TPSA) is 59.8 Å². The predicted molar refractivity (Wildman–Crippen MR) is 73.1 cm³/mol. The highest BCUT2D eigenvalue weighted by Gasteiger charge is 2.49. The molecular weight excluding hydrogens is 258 g/mol. The van der Waals surface area contributed by atoms with Gasteiger partial charge in [-0.2, -0.15) is 0 Å². The number of furan rings is 1.